The van der Waals surface area contributed by atoms with Crippen LogP contribution in [0, 0.1) is 5.92 Å². The maximum absolute atomic E-state index is 12.7. The molecule has 0 aliphatic heterocycles. The predicted octanol–water partition coefficient (Wildman–Crippen LogP) is 4.13. The largest absolute Gasteiger partial charge is 0.494 e. The number of carbonyl (C=O) groups excluding carboxylic acids is 2. The van der Waals surface area contributed by atoms with Crippen LogP contribution in [0.4, 0.5) is 0 Å². The Labute approximate surface area is 176 Å². The lowest BCUT2D eigenvalue weighted by molar-refractivity contribution is -0.148. The summed E-state index contributed by atoms with van der Waals surface area (Å²) < 4.78 is 10.9. The third-order valence-corrected chi connectivity index (χ3v) is 4.72. The van der Waals surface area contributed by atoms with Crippen LogP contribution in [0.25, 0.3) is 10.9 Å². The lowest BCUT2D eigenvalue weighted by atomic mass is 10.0. The number of aromatic nitrogens is 1. The molecule has 0 aliphatic rings. The molecule has 6 heteroatoms. The van der Waals surface area contributed by atoms with Crippen LogP contribution in [-0.2, 0) is 16.1 Å². The first-order valence-corrected chi connectivity index (χ1v) is 10.0. The van der Waals surface area contributed by atoms with E-state index in [2.05, 4.69) is 10.3 Å². The summed E-state index contributed by atoms with van der Waals surface area (Å²) in [5.74, 6) is -0.245. The molecular formula is C24H26N2O4. The summed E-state index contributed by atoms with van der Waals surface area (Å²) in [6.45, 7) is 6.27. The van der Waals surface area contributed by atoms with Gasteiger partial charge in [-0.25, -0.2) is 4.79 Å². The minimum atomic E-state index is -0.757. The third-order valence-electron chi connectivity index (χ3n) is 4.72. The van der Waals surface area contributed by atoms with Crippen LogP contribution in [0.3, 0.4) is 0 Å². The van der Waals surface area contributed by atoms with Gasteiger partial charge < -0.3 is 14.8 Å². The van der Waals surface area contributed by atoms with Gasteiger partial charge in [0.25, 0.3) is 5.91 Å². The lowest BCUT2D eigenvalue weighted by Crippen LogP contribution is -2.45. The van der Waals surface area contributed by atoms with E-state index >= 15 is 0 Å². The number of para-hydroxylation sites is 1. The quantitative estimate of drug-likeness (QED) is 0.569. The first-order chi connectivity index (χ1) is 14.5. The second-order valence-electron chi connectivity index (χ2n) is 7.25. The van der Waals surface area contributed by atoms with Crippen LogP contribution < -0.4 is 10.1 Å². The molecule has 0 aliphatic carbocycles. The summed E-state index contributed by atoms with van der Waals surface area (Å²) in [6, 6.07) is 15.6. The molecule has 1 amide bonds. The number of nitrogens with one attached hydrogen (secondary N) is 1. The number of fused-ring (bicyclic) bond motifs is 1. The molecule has 0 saturated heterocycles. The zero-order chi connectivity index (χ0) is 21.5. The van der Waals surface area contributed by atoms with Crippen molar-refractivity contribution in [2.24, 2.45) is 5.92 Å². The molecule has 30 heavy (non-hydrogen) atoms. The maximum Gasteiger partial charge on any atom is 0.329 e. The number of rotatable bonds is 8. The zero-order valence-corrected chi connectivity index (χ0v) is 17.4. The molecule has 1 atom stereocenters. The summed E-state index contributed by atoms with van der Waals surface area (Å²) >= 11 is 0. The van der Waals surface area contributed by atoms with Crippen molar-refractivity contribution in [3.8, 4) is 5.75 Å². The van der Waals surface area contributed by atoms with Crippen molar-refractivity contribution >= 4 is 22.8 Å². The SMILES string of the molecule is CCOc1ccc(C(=O)N[C@H](C(=O)OCc2cccc3cccnc23)C(C)C)cc1. The Morgan fingerprint density at radius 1 is 1.03 bits per heavy atom. The molecule has 6 nitrogen and oxygen atoms in total. The molecule has 0 spiro atoms. The van der Waals surface area contributed by atoms with Crippen molar-refractivity contribution in [2.75, 3.05) is 6.61 Å². The first kappa shape index (κ1) is 21.3. The number of pyridine rings is 1. The van der Waals surface area contributed by atoms with Crippen molar-refractivity contribution in [1.82, 2.24) is 10.3 Å². The highest BCUT2D eigenvalue weighted by molar-refractivity contribution is 5.97. The highest BCUT2D eigenvalue weighted by atomic mass is 16.5. The van der Waals surface area contributed by atoms with Gasteiger partial charge in [-0.3, -0.25) is 9.78 Å². The van der Waals surface area contributed by atoms with E-state index in [0.717, 1.165) is 16.5 Å². The van der Waals surface area contributed by atoms with E-state index in [1.807, 2.05) is 51.1 Å². The van der Waals surface area contributed by atoms with Crippen molar-refractivity contribution < 1.29 is 19.1 Å². The predicted molar refractivity (Wildman–Crippen MR) is 115 cm³/mol. The summed E-state index contributed by atoms with van der Waals surface area (Å²) in [7, 11) is 0. The second kappa shape index (κ2) is 9.87. The number of esters is 1. The molecule has 0 radical (unpaired) electrons. The molecule has 3 rings (SSSR count). The number of carbonyl (C=O) groups is 2. The van der Waals surface area contributed by atoms with Crippen molar-refractivity contribution in [3.63, 3.8) is 0 Å². The van der Waals surface area contributed by atoms with Gasteiger partial charge in [-0.15, -0.1) is 0 Å². The van der Waals surface area contributed by atoms with E-state index in [0.29, 0.717) is 17.9 Å². The fraction of sp³-hybridized carbons (Fsp3) is 0.292. The van der Waals surface area contributed by atoms with Gasteiger partial charge in [-0.05, 0) is 43.2 Å². The number of nitrogens with zero attached hydrogens (tertiary/aromatic N) is 1. The van der Waals surface area contributed by atoms with Crippen LogP contribution >= 0.6 is 0 Å². The van der Waals surface area contributed by atoms with Gasteiger partial charge in [0.05, 0.1) is 12.1 Å². The summed E-state index contributed by atoms with van der Waals surface area (Å²) in [6.07, 6.45) is 1.71. The fourth-order valence-corrected chi connectivity index (χ4v) is 3.11. The van der Waals surface area contributed by atoms with Gasteiger partial charge in [-0.2, -0.15) is 0 Å². The summed E-state index contributed by atoms with van der Waals surface area (Å²) in [5, 5.41) is 3.77. The Balaban J connectivity index is 1.66. The van der Waals surface area contributed by atoms with E-state index in [1.54, 1.807) is 30.5 Å². The van der Waals surface area contributed by atoms with Crippen molar-refractivity contribution in [3.05, 3.63) is 71.9 Å². The highest BCUT2D eigenvalue weighted by Gasteiger charge is 2.26. The van der Waals surface area contributed by atoms with Crippen molar-refractivity contribution in [2.45, 2.75) is 33.4 Å². The number of amides is 1. The van der Waals surface area contributed by atoms with E-state index in [1.165, 1.54) is 0 Å². The minimum Gasteiger partial charge on any atom is -0.494 e. The smallest absolute Gasteiger partial charge is 0.329 e. The highest BCUT2D eigenvalue weighted by Crippen LogP contribution is 2.18. The molecule has 1 aromatic heterocycles. The Morgan fingerprint density at radius 3 is 2.47 bits per heavy atom. The fourth-order valence-electron chi connectivity index (χ4n) is 3.11. The number of hydrogen-bond donors (Lipinski definition) is 1. The molecule has 3 aromatic rings. The molecule has 0 unspecified atom stereocenters. The monoisotopic (exact) mass is 406 g/mol. The van der Waals surface area contributed by atoms with E-state index in [-0.39, 0.29) is 18.4 Å². The molecule has 2 aromatic carbocycles. The number of hydrogen-bond acceptors (Lipinski definition) is 5. The third kappa shape index (κ3) is 5.14. The van der Waals surface area contributed by atoms with Gasteiger partial charge in [0.2, 0.25) is 0 Å². The van der Waals surface area contributed by atoms with E-state index in [9.17, 15) is 9.59 Å². The average Bonchev–Trinajstić information content (AvgIpc) is 2.76. The Kier molecular flexibility index (Phi) is 7.01. The first-order valence-electron chi connectivity index (χ1n) is 10.0. The maximum atomic E-state index is 12.7. The molecular weight excluding hydrogens is 380 g/mol. The normalized spacial score (nSPS) is 11.9. The van der Waals surface area contributed by atoms with Crippen LogP contribution in [0.1, 0.15) is 36.7 Å². The van der Waals surface area contributed by atoms with Crippen molar-refractivity contribution in [1.29, 1.82) is 0 Å². The van der Waals surface area contributed by atoms with Crippen LogP contribution in [0.15, 0.2) is 60.8 Å². The molecule has 156 valence electrons. The van der Waals surface area contributed by atoms with Crippen LogP contribution in [0.2, 0.25) is 0 Å². The van der Waals surface area contributed by atoms with Gasteiger partial charge in [-0.1, -0.05) is 38.1 Å². The molecule has 0 fully saturated rings. The van der Waals surface area contributed by atoms with Gasteiger partial charge in [0, 0.05) is 22.7 Å². The van der Waals surface area contributed by atoms with Gasteiger partial charge >= 0.3 is 5.97 Å². The molecule has 1 N–H and O–H groups in total. The molecule has 0 saturated carbocycles. The lowest BCUT2D eigenvalue weighted by Gasteiger charge is -2.21. The summed E-state index contributed by atoms with van der Waals surface area (Å²) in [5.41, 5.74) is 2.07. The molecule has 1 heterocycles. The Morgan fingerprint density at radius 2 is 1.77 bits per heavy atom. The molecule has 0 bridgehead atoms. The Hall–Kier alpha value is -3.41. The number of ether oxygens (including phenoxy) is 2. The van der Waals surface area contributed by atoms with E-state index in [4.69, 9.17) is 9.47 Å². The zero-order valence-electron chi connectivity index (χ0n) is 17.4. The standard InChI is InChI=1S/C24H26N2O4/c1-4-29-20-12-10-18(11-13-20)23(27)26-21(16(2)3)24(28)30-15-19-8-5-7-17-9-6-14-25-22(17)19/h5-14,16,21H,4,15H2,1-3H3,(H,26,27)/t21-/m0/s1. The Bertz CT molecular complexity index is 1010. The van der Waals surface area contributed by atoms with Gasteiger partial charge in [0.1, 0.15) is 18.4 Å². The van der Waals surface area contributed by atoms with E-state index < -0.39 is 12.0 Å². The average molecular weight is 406 g/mol. The topological polar surface area (TPSA) is 77.5 Å². The van der Waals surface area contributed by atoms with Crippen LogP contribution in [-0.4, -0.2) is 29.5 Å². The van der Waals surface area contributed by atoms with Gasteiger partial charge in [0.15, 0.2) is 0 Å². The summed E-state index contributed by atoms with van der Waals surface area (Å²) in [4.78, 5) is 29.7. The van der Waals surface area contributed by atoms with Crippen LogP contribution in [0.5, 0.6) is 5.75 Å². The second-order valence-corrected chi connectivity index (χ2v) is 7.25. The number of benzene rings is 2. The minimum absolute atomic E-state index is 0.0926.